The quantitative estimate of drug-likeness (QED) is 0.570. The number of thiophene rings is 1. The minimum atomic E-state index is -0.415. The van der Waals surface area contributed by atoms with Gasteiger partial charge in [-0.05, 0) is 24.6 Å². The Hall–Kier alpha value is -2.74. The van der Waals surface area contributed by atoms with Gasteiger partial charge in [-0.15, -0.1) is 11.3 Å². The van der Waals surface area contributed by atoms with Gasteiger partial charge in [0.15, 0.2) is 0 Å². The summed E-state index contributed by atoms with van der Waals surface area (Å²) in [5.41, 5.74) is 2.12. The molecule has 0 bridgehead atoms. The lowest BCUT2D eigenvalue weighted by Gasteiger charge is -2.03. The lowest BCUT2D eigenvalue weighted by Crippen LogP contribution is -2.29. The molecule has 1 N–H and O–H groups in total. The fourth-order valence-corrected chi connectivity index (χ4v) is 2.94. The van der Waals surface area contributed by atoms with Crippen molar-refractivity contribution in [3.63, 3.8) is 0 Å². The first kappa shape index (κ1) is 15.2. The van der Waals surface area contributed by atoms with Crippen LogP contribution in [0.3, 0.4) is 0 Å². The van der Waals surface area contributed by atoms with Crippen molar-refractivity contribution >= 4 is 33.7 Å². The number of hydrogen-bond acceptors (Lipinski definition) is 6. The van der Waals surface area contributed by atoms with Gasteiger partial charge in [-0.25, -0.2) is 10.4 Å². The van der Waals surface area contributed by atoms with Crippen molar-refractivity contribution in [3.05, 3.63) is 51.8 Å². The van der Waals surface area contributed by atoms with Crippen molar-refractivity contribution in [1.82, 2.24) is 15.0 Å². The van der Waals surface area contributed by atoms with Gasteiger partial charge in [0.25, 0.3) is 11.5 Å². The lowest BCUT2D eigenvalue weighted by molar-refractivity contribution is -0.121. The van der Waals surface area contributed by atoms with E-state index in [9.17, 15) is 9.59 Å². The molecule has 8 heteroatoms. The summed E-state index contributed by atoms with van der Waals surface area (Å²) >= 11 is 1.49. The minimum absolute atomic E-state index is 0.144. The minimum Gasteiger partial charge on any atom is -0.463 e. The molecule has 0 aliphatic heterocycles. The molecule has 0 aromatic carbocycles. The van der Waals surface area contributed by atoms with E-state index in [2.05, 4.69) is 15.5 Å². The number of carbonyl (C=O) groups excluding carboxylic acids is 1. The number of rotatable bonds is 5. The van der Waals surface area contributed by atoms with Crippen LogP contribution in [-0.2, 0) is 17.8 Å². The van der Waals surface area contributed by atoms with Crippen LogP contribution < -0.4 is 11.0 Å². The molecule has 0 fully saturated rings. The number of aryl methyl sites for hydroxylation is 1. The van der Waals surface area contributed by atoms with Gasteiger partial charge in [-0.3, -0.25) is 14.2 Å². The topological polar surface area (TPSA) is 89.5 Å². The first-order valence-electron chi connectivity index (χ1n) is 7.00. The van der Waals surface area contributed by atoms with Crippen molar-refractivity contribution < 1.29 is 9.21 Å². The van der Waals surface area contributed by atoms with E-state index < -0.39 is 5.91 Å². The van der Waals surface area contributed by atoms with Crippen LogP contribution in [-0.4, -0.2) is 21.7 Å². The second-order valence-electron chi connectivity index (χ2n) is 4.77. The van der Waals surface area contributed by atoms with Crippen LogP contribution in [0.5, 0.6) is 0 Å². The average molecular weight is 330 g/mol. The molecule has 3 aromatic rings. The van der Waals surface area contributed by atoms with E-state index >= 15 is 0 Å². The van der Waals surface area contributed by atoms with Gasteiger partial charge in [-0.1, -0.05) is 6.92 Å². The summed E-state index contributed by atoms with van der Waals surface area (Å²) in [4.78, 5) is 30.2. The van der Waals surface area contributed by atoms with Crippen molar-refractivity contribution in [3.8, 4) is 0 Å². The Balaban J connectivity index is 1.72. The van der Waals surface area contributed by atoms with Gasteiger partial charge in [0.2, 0.25) is 0 Å². The zero-order valence-electron chi connectivity index (χ0n) is 12.4. The fraction of sp³-hybridized carbons (Fsp3) is 0.200. The maximum absolute atomic E-state index is 12.3. The number of hydrogen-bond donors (Lipinski definition) is 1. The number of furan rings is 1. The molecule has 0 unspecified atom stereocenters. The predicted molar refractivity (Wildman–Crippen MR) is 87.7 cm³/mol. The Labute approximate surface area is 135 Å². The van der Waals surface area contributed by atoms with Gasteiger partial charge in [0.1, 0.15) is 17.1 Å². The lowest BCUT2D eigenvalue weighted by atomic mass is 10.3. The average Bonchev–Trinajstić information content (AvgIpc) is 3.19. The van der Waals surface area contributed by atoms with Crippen LogP contribution in [0.1, 0.15) is 17.6 Å². The van der Waals surface area contributed by atoms with E-state index in [0.29, 0.717) is 16.0 Å². The van der Waals surface area contributed by atoms with E-state index in [0.717, 1.165) is 11.3 Å². The smallest absolute Gasteiger partial charge is 0.262 e. The van der Waals surface area contributed by atoms with Crippen LogP contribution in [0, 0.1) is 0 Å². The van der Waals surface area contributed by atoms with Crippen molar-refractivity contribution in [2.45, 2.75) is 19.9 Å². The number of hydrazone groups is 1. The maximum Gasteiger partial charge on any atom is 0.262 e. The summed E-state index contributed by atoms with van der Waals surface area (Å²) in [6.07, 6.45) is 5.13. The highest BCUT2D eigenvalue weighted by Crippen LogP contribution is 2.20. The van der Waals surface area contributed by atoms with Crippen molar-refractivity contribution in [2.24, 2.45) is 5.10 Å². The third-order valence-corrected chi connectivity index (χ3v) is 4.34. The zero-order chi connectivity index (χ0) is 16.2. The van der Waals surface area contributed by atoms with Gasteiger partial charge in [0.05, 0.1) is 24.2 Å². The third-order valence-electron chi connectivity index (χ3n) is 3.16. The molecule has 3 aromatic heterocycles. The fourth-order valence-electron chi connectivity index (χ4n) is 2.02. The molecule has 0 saturated heterocycles. The molecule has 3 rings (SSSR count). The van der Waals surface area contributed by atoms with Gasteiger partial charge in [-0.2, -0.15) is 5.10 Å². The molecule has 0 aliphatic carbocycles. The highest BCUT2D eigenvalue weighted by Gasteiger charge is 2.10. The van der Waals surface area contributed by atoms with Crippen molar-refractivity contribution in [1.29, 1.82) is 0 Å². The first-order chi connectivity index (χ1) is 11.2. The highest BCUT2D eigenvalue weighted by molar-refractivity contribution is 7.18. The van der Waals surface area contributed by atoms with E-state index in [1.165, 1.54) is 34.7 Å². The molecule has 1 amide bonds. The molecule has 0 aliphatic rings. The number of nitrogens with zero attached hydrogens (tertiary/aromatic N) is 3. The first-order valence-corrected chi connectivity index (χ1v) is 7.82. The summed E-state index contributed by atoms with van der Waals surface area (Å²) in [6, 6.07) is 5.26. The molecule has 0 atom stereocenters. The second-order valence-corrected chi connectivity index (χ2v) is 5.89. The Morgan fingerprint density at radius 2 is 2.43 bits per heavy atom. The van der Waals surface area contributed by atoms with Crippen LogP contribution in [0.2, 0.25) is 0 Å². The largest absolute Gasteiger partial charge is 0.463 e. The van der Waals surface area contributed by atoms with E-state index in [1.807, 2.05) is 13.0 Å². The number of amides is 1. The molecule has 3 heterocycles. The summed E-state index contributed by atoms with van der Waals surface area (Å²) in [5.74, 6) is 0.109. The van der Waals surface area contributed by atoms with Gasteiger partial charge < -0.3 is 4.42 Å². The molecule has 118 valence electrons. The maximum atomic E-state index is 12.3. The Kier molecular flexibility index (Phi) is 4.33. The molecular formula is C15H14N4O3S. The van der Waals surface area contributed by atoms with Gasteiger partial charge in [0, 0.05) is 4.88 Å². The normalized spacial score (nSPS) is 11.3. The monoisotopic (exact) mass is 330 g/mol. The van der Waals surface area contributed by atoms with E-state index in [-0.39, 0.29) is 12.1 Å². The predicted octanol–water partition coefficient (Wildman–Crippen LogP) is 1.76. The Morgan fingerprint density at radius 1 is 1.57 bits per heavy atom. The summed E-state index contributed by atoms with van der Waals surface area (Å²) in [6.45, 7) is 1.88. The molecule has 7 nitrogen and oxygen atoms in total. The molecule has 23 heavy (non-hydrogen) atoms. The standard InChI is InChI=1S/C15H14N4O3S/c1-2-11-6-12-14(23-11)16-9-19(15(12)21)8-13(20)18-17-7-10-4-3-5-22-10/h3-7,9H,2,8H2,1H3,(H,18,20). The summed E-state index contributed by atoms with van der Waals surface area (Å²) in [5, 5.41) is 4.31. The Morgan fingerprint density at radius 3 is 3.17 bits per heavy atom. The van der Waals surface area contributed by atoms with E-state index in [1.54, 1.807) is 12.1 Å². The molecular weight excluding hydrogens is 316 g/mol. The van der Waals surface area contributed by atoms with E-state index in [4.69, 9.17) is 4.42 Å². The number of nitrogens with one attached hydrogen (secondary N) is 1. The van der Waals surface area contributed by atoms with Gasteiger partial charge >= 0.3 is 0 Å². The number of carbonyl (C=O) groups is 1. The van der Waals surface area contributed by atoms with Crippen molar-refractivity contribution in [2.75, 3.05) is 0 Å². The van der Waals surface area contributed by atoms with Crippen LogP contribution in [0.4, 0.5) is 0 Å². The highest BCUT2D eigenvalue weighted by atomic mass is 32.1. The van der Waals surface area contributed by atoms with Crippen LogP contribution in [0.25, 0.3) is 10.2 Å². The molecule has 0 saturated carbocycles. The SMILES string of the molecule is CCc1cc2c(=O)n(CC(=O)NN=Cc3ccco3)cnc2s1. The van der Waals surface area contributed by atoms with Crippen LogP contribution >= 0.6 is 11.3 Å². The summed E-state index contributed by atoms with van der Waals surface area (Å²) in [7, 11) is 0. The molecule has 0 spiro atoms. The zero-order valence-corrected chi connectivity index (χ0v) is 13.2. The van der Waals surface area contributed by atoms with Crippen LogP contribution in [0.15, 0.2) is 45.1 Å². The molecule has 0 radical (unpaired) electrons. The number of fused-ring (bicyclic) bond motifs is 1. The summed E-state index contributed by atoms with van der Waals surface area (Å²) < 4.78 is 6.32. The second kappa shape index (κ2) is 6.57. The number of aromatic nitrogens is 2. The third kappa shape index (κ3) is 3.37. The Bertz CT molecular complexity index is 909.